The fraction of sp³-hybridized carbons (Fsp3) is 0.375. The van der Waals surface area contributed by atoms with E-state index in [1.807, 2.05) is 19.1 Å². The Morgan fingerprint density at radius 1 is 1.55 bits per heavy atom. The molecular weight excluding hydrogens is 158 g/mol. The molecule has 0 aliphatic carbocycles. The van der Waals surface area contributed by atoms with E-state index in [2.05, 4.69) is 17.6 Å². The van der Waals surface area contributed by atoms with Crippen molar-refractivity contribution in [2.24, 2.45) is 0 Å². The van der Waals surface area contributed by atoms with Crippen LogP contribution in [0.1, 0.15) is 17.9 Å². The minimum absolute atomic E-state index is 0.181. The largest absolute Gasteiger partial charge is 0.495 e. The summed E-state index contributed by atoms with van der Waals surface area (Å²) in [4.78, 5) is 4.15. The van der Waals surface area contributed by atoms with Gasteiger partial charge in [-0.25, -0.2) is 0 Å². The Morgan fingerprint density at radius 3 is 2.64 bits per heavy atom. The molecule has 1 unspecified atom stereocenters. The second kappa shape index (κ2) is 3.62. The molecule has 2 nitrogen and oxygen atoms in total. The summed E-state index contributed by atoms with van der Waals surface area (Å²) in [5, 5.41) is 0.181. The van der Waals surface area contributed by atoms with Crippen molar-refractivity contribution in [1.82, 2.24) is 4.98 Å². The highest BCUT2D eigenvalue weighted by atomic mass is 32.1. The summed E-state index contributed by atoms with van der Waals surface area (Å²) < 4.78 is 4.96. The first-order chi connectivity index (χ1) is 5.24. The second-order valence-corrected chi connectivity index (χ2v) is 3.07. The van der Waals surface area contributed by atoms with Gasteiger partial charge in [-0.3, -0.25) is 4.98 Å². The highest BCUT2D eigenvalue weighted by Gasteiger charge is 1.99. The van der Waals surface area contributed by atoms with Crippen LogP contribution in [0.25, 0.3) is 0 Å². The van der Waals surface area contributed by atoms with Gasteiger partial charge in [-0.15, -0.1) is 0 Å². The van der Waals surface area contributed by atoms with Crippen LogP contribution in [0.2, 0.25) is 0 Å². The van der Waals surface area contributed by atoms with Crippen LogP contribution in [0.15, 0.2) is 18.3 Å². The molecule has 0 saturated carbocycles. The fourth-order valence-electron chi connectivity index (χ4n) is 0.760. The molecule has 1 aromatic rings. The van der Waals surface area contributed by atoms with E-state index in [1.165, 1.54) is 0 Å². The maximum atomic E-state index is 4.96. The van der Waals surface area contributed by atoms with Crippen molar-refractivity contribution in [3.63, 3.8) is 0 Å². The van der Waals surface area contributed by atoms with E-state index in [1.54, 1.807) is 13.3 Å². The molecular formula is C8H11NOS. The van der Waals surface area contributed by atoms with Gasteiger partial charge in [-0.05, 0) is 19.1 Å². The minimum atomic E-state index is 0.181. The Kier molecular flexibility index (Phi) is 2.76. The van der Waals surface area contributed by atoms with E-state index in [0.29, 0.717) is 0 Å². The monoisotopic (exact) mass is 169 g/mol. The van der Waals surface area contributed by atoms with Gasteiger partial charge in [0, 0.05) is 5.25 Å². The van der Waals surface area contributed by atoms with E-state index in [-0.39, 0.29) is 5.25 Å². The van der Waals surface area contributed by atoms with Crippen LogP contribution in [0.5, 0.6) is 5.75 Å². The van der Waals surface area contributed by atoms with Crippen molar-refractivity contribution in [1.29, 1.82) is 0 Å². The van der Waals surface area contributed by atoms with Gasteiger partial charge >= 0.3 is 0 Å². The van der Waals surface area contributed by atoms with Crippen LogP contribution in [0.3, 0.4) is 0 Å². The number of hydrogen-bond donors (Lipinski definition) is 1. The summed E-state index contributed by atoms with van der Waals surface area (Å²) in [6.07, 6.45) is 1.70. The number of methoxy groups -OCH3 is 1. The number of thiol groups is 1. The second-order valence-electron chi connectivity index (χ2n) is 2.30. The van der Waals surface area contributed by atoms with Crippen LogP contribution in [-0.4, -0.2) is 12.1 Å². The Balaban J connectivity index is 2.83. The normalized spacial score (nSPS) is 12.6. The predicted molar refractivity (Wildman–Crippen MR) is 48.2 cm³/mol. The number of nitrogens with zero attached hydrogens (tertiary/aromatic N) is 1. The molecule has 60 valence electrons. The zero-order chi connectivity index (χ0) is 8.27. The Morgan fingerprint density at radius 2 is 2.27 bits per heavy atom. The Labute approximate surface area is 72.0 Å². The first-order valence-electron chi connectivity index (χ1n) is 3.42. The lowest BCUT2D eigenvalue weighted by atomic mass is 10.3. The smallest absolute Gasteiger partial charge is 0.137 e. The lowest BCUT2D eigenvalue weighted by Crippen LogP contribution is -1.90. The number of aromatic nitrogens is 1. The molecule has 11 heavy (non-hydrogen) atoms. The average Bonchev–Trinajstić information content (AvgIpc) is 2.05. The summed E-state index contributed by atoms with van der Waals surface area (Å²) in [5.74, 6) is 0.780. The lowest BCUT2D eigenvalue weighted by Gasteiger charge is -2.03. The maximum absolute atomic E-state index is 4.96. The average molecular weight is 169 g/mol. The number of ether oxygens (including phenoxy) is 1. The molecule has 0 amide bonds. The van der Waals surface area contributed by atoms with Crippen molar-refractivity contribution < 1.29 is 4.74 Å². The van der Waals surface area contributed by atoms with Crippen molar-refractivity contribution in [2.75, 3.05) is 7.11 Å². The number of pyridine rings is 1. The van der Waals surface area contributed by atoms with Crippen LogP contribution in [-0.2, 0) is 0 Å². The molecule has 0 aliphatic rings. The lowest BCUT2D eigenvalue weighted by molar-refractivity contribution is 0.412. The van der Waals surface area contributed by atoms with Gasteiger partial charge in [0.1, 0.15) is 5.75 Å². The molecule has 0 aromatic carbocycles. The maximum Gasteiger partial charge on any atom is 0.137 e. The molecule has 1 aromatic heterocycles. The van der Waals surface area contributed by atoms with Gasteiger partial charge in [-0.2, -0.15) is 12.6 Å². The Hall–Kier alpha value is -0.700. The van der Waals surface area contributed by atoms with Crippen molar-refractivity contribution in [2.45, 2.75) is 12.2 Å². The standard InChI is InChI=1S/C8H11NOS/c1-6(11)8-4-3-7(10-2)5-9-8/h3-6,11H,1-2H3. The molecule has 0 spiro atoms. The summed E-state index contributed by atoms with van der Waals surface area (Å²) in [5.41, 5.74) is 0.967. The molecule has 0 radical (unpaired) electrons. The molecule has 0 aliphatic heterocycles. The zero-order valence-corrected chi connectivity index (χ0v) is 7.51. The van der Waals surface area contributed by atoms with Crippen LogP contribution < -0.4 is 4.74 Å². The van der Waals surface area contributed by atoms with E-state index >= 15 is 0 Å². The summed E-state index contributed by atoms with van der Waals surface area (Å²) in [6.45, 7) is 1.98. The summed E-state index contributed by atoms with van der Waals surface area (Å²) in [6, 6.07) is 3.80. The van der Waals surface area contributed by atoms with Crippen LogP contribution in [0.4, 0.5) is 0 Å². The van der Waals surface area contributed by atoms with Crippen LogP contribution >= 0.6 is 12.6 Å². The van der Waals surface area contributed by atoms with E-state index < -0.39 is 0 Å². The highest BCUT2D eigenvalue weighted by molar-refractivity contribution is 7.80. The number of rotatable bonds is 2. The SMILES string of the molecule is COc1ccc(C(C)S)nc1. The highest BCUT2D eigenvalue weighted by Crippen LogP contribution is 2.17. The van der Waals surface area contributed by atoms with Gasteiger partial charge in [0.25, 0.3) is 0 Å². The van der Waals surface area contributed by atoms with E-state index in [9.17, 15) is 0 Å². The van der Waals surface area contributed by atoms with Crippen LogP contribution in [0, 0.1) is 0 Å². The van der Waals surface area contributed by atoms with E-state index in [0.717, 1.165) is 11.4 Å². The topological polar surface area (TPSA) is 22.1 Å². The molecule has 0 N–H and O–H groups in total. The molecule has 1 rings (SSSR count). The first kappa shape index (κ1) is 8.40. The fourth-order valence-corrected chi connectivity index (χ4v) is 0.912. The van der Waals surface area contributed by atoms with E-state index in [4.69, 9.17) is 4.74 Å². The van der Waals surface area contributed by atoms with Crippen molar-refractivity contribution in [3.05, 3.63) is 24.0 Å². The molecule has 1 atom stereocenters. The Bertz CT molecular complexity index is 220. The predicted octanol–water partition coefficient (Wildman–Crippen LogP) is 2.08. The van der Waals surface area contributed by atoms with Gasteiger partial charge in [0.15, 0.2) is 0 Å². The third-order valence-corrected chi connectivity index (χ3v) is 1.69. The zero-order valence-electron chi connectivity index (χ0n) is 6.61. The first-order valence-corrected chi connectivity index (χ1v) is 3.93. The minimum Gasteiger partial charge on any atom is -0.495 e. The van der Waals surface area contributed by atoms with Gasteiger partial charge < -0.3 is 4.74 Å². The van der Waals surface area contributed by atoms with Crippen molar-refractivity contribution in [3.8, 4) is 5.75 Å². The van der Waals surface area contributed by atoms with Gasteiger partial charge in [-0.1, -0.05) is 0 Å². The molecule has 1 heterocycles. The third kappa shape index (κ3) is 2.12. The quantitative estimate of drug-likeness (QED) is 0.685. The third-order valence-electron chi connectivity index (χ3n) is 1.42. The van der Waals surface area contributed by atoms with Crippen molar-refractivity contribution >= 4 is 12.6 Å². The summed E-state index contributed by atoms with van der Waals surface area (Å²) in [7, 11) is 1.63. The van der Waals surface area contributed by atoms with Gasteiger partial charge in [0.2, 0.25) is 0 Å². The molecule has 0 saturated heterocycles. The molecule has 0 bridgehead atoms. The van der Waals surface area contributed by atoms with Gasteiger partial charge in [0.05, 0.1) is 19.0 Å². The molecule has 3 heteroatoms. The molecule has 0 fully saturated rings. The number of hydrogen-bond acceptors (Lipinski definition) is 3. The summed E-state index contributed by atoms with van der Waals surface area (Å²) >= 11 is 4.25.